The molecule has 0 aliphatic heterocycles. The van der Waals surface area contributed by atoms with E-state index in [1.807, 2.05) is 42.5 Å². The zero-order valence-electron chi connectivity index (χ0n) is 10.6. The zero-order chi connectivity index (χ0) is 13.7. The maximum absolute atomic E-state index is 5.31. The van der Waals surface area contributed by atoms with Crippen LogP contribution in [-0.4, -0.2) is 5.11 Å². The number of benzene rings is 2. The number of para-hydroxylation sites is 1. The number of hydrogen-bond donors (Lipinski definition) is 2. The topological polar surface area (TPSA) is 24.1 Å². The van der Waals surface area contributed by atoms with Crippen molar-refractivity contribution < 1.29 is 0 Å². The Labute approximate surface area is 127 Å². The Balaban J connectivity index is 1.95. The maximum atomic E-state index is 5.31. The average Bonchev–Trinajstić information content (AvgIpc) is 2.39. The van der Waals surface area contributed by atoms with Crippen LogP contribution in [0.2, 0.25) is 0 Å². The molecule has 98 valence electrons. The first-order valence-corrected chi connectivity index (χ1v) is 7.23. The van der Waals surface area contributed by atoms with Crippen LogP contribution < -0.4 is 10.6 Å². The Hall–Kier alpha value is -1.39. The van der Waals surface area contributed by atoms with Gasteiger partial charge in [-0.05, 0) is 49.0 Å². The van der Waals surface area contributed by atoms with Crippen LogP contribution in [0, 0.1) is 0 Å². The van der Waals surface area contributed by atoms with Crippen LogP contribution in [0.25, 0.3) is 0 Å². The number of thiocarbonyl (C=S) groups is 1. The first kappa shape index (κ1) is 14.0. The second-order valence-electron chi connectivity index (χ2n) is 4.24. The highest BCUT2D eigenvalue weighted by atomic mass is 79.9. The highest BCUT2D eigenvalue weighted by Crippen LogP contribution is 2.18. The standard InChI is InChI=1S/C15H15BrN2S/c1-11(12-6-5-7-13(16)10-12)17-15(19)18-14-8-3-2-4-9-14/h2-11H,1H3,(H2,17,18,19). The largest absolute Gasteiger partial charge is 0.356 e. The highest BCUT2D eigenvalue weighted by Gasteiger charge is 2.07. The zero-order valence-corrected chi connectivity index (χ0v) is 13.0. The molecule has 0 spiro atoms. The fraction of sp³-hybridized carbons (Fsp3) is 0.133. The van der Waals surface area contributed by atoms with Gasteiger partial charge in [-0.15, -0.1) is 0 Å². The van der Waals surface area contributed by atoms with E-state index in [0.29, 0.717) is 5.11 Å². The summed E-state index contributed by atoms with van der Waals surface area (Å²) in [5, 5.41) is 7.06. The van der Waals surface area contributed by atoms with Crippen LogP contribution in [0.5, 0.6) is 0 Å². The van der Waals surface area contributed by atoms with E-state index >= 15 is 0 Å². The molecular weight excluding hydrogens is 320 g/mol. The summed E-state index contributed by atoms with van der Waals surface area (Å²) in [6, 6.07) is 18.2. The van der Waals surface area contributed by atoms with Gasteiger partial charge < -0.3 is 10.6 Å². The predicted molar refractivity (Wildman–Crippen MR) is 88.4 cm³/mol. The van der Waals surface area contributed by atoms with Gasteiger partial charge in [-0.25, -0.2) is 0 Å². The highest BCUT2D eigenvalue weighted by molar-refractivity contribution is 9.10. The molecule has 2 rings (SSSR count). The first-order chi connectivity index (χ1) is 9.15. The molecule has 2 aromatic carbocycles. The molecule has 1 atom stereocenters. The van der Waals surface area contributed by atoms with E-state index in [1.165, 1.54) is 5.56 Å². The molecule has 0 saturated carbocycles. The van der Waals surface area contributed by atoms with E-state index in [2.05, 4.69) is 45.6 Å². The van der Waals surface area contributed by atoms with Gasteiger partial charge in [0.1, 0.15) is 0 Å². The second kappa shape index (κ2) is 6.68. The number of nitrogens with one attached hydrogen (secondary N) is 2. The average molecular weight is 335 g/mol. The molecule has 19 heavy (non-hydrogen) atoms. The lowest BCUT2D eigenvalue weighted by atomic mass is 10.1. The van der Waals surface area contributed by atoms with Crippen molar-refractivity contribution in [2.75, 3.05) is 5.32 Å². The van der Waals surface area contributed by atoms with Gasteiger partial charge in [-0.2, -0.15) is 0 Å². The lowest BCUT2D eigenvalue weighted by Gasteiger charge is -2.17. The van der Waals surface area contributed by atoms with Crippen molar-refractivity contribution in [1.82, 2.24) is 5.32 Å². The van der Waals surface area contributed by atoms with Gasteiger partial charge >= 0.3 is 0 Å². The van der Waals surface area contributed by atoms with Crippen molar-refractivity contribution in [3.05, 3.63) is 64.6 Å². The van der Waals surface area contributed by atoms with E-state index in [0.717, 1.165) is 10.2 Å². The maximum Gasteiger partial charge on any atom is 0.171 e. The summed E-state index contributed by atoms with van der Waals surface area (Å²) in [6.07, 6.45) is 0. The van der Waals surface area contributed by atoms with E-state index in [1.54, 1.807) is 0 Å². The summed E-state index contributed by atoms with van der Waals surface area (Å²) >= 11 is 8.79. The third-order valence-corrected chi connectivity index (χ3v) is 3.44. The monoisotopic (exact) mass is 334 g/mol. The lowest BCUT2D eigenvalue weighted by Crippen LogP contribution is -2.30. The van der Waals surface area contributed by atoms with Gasteiger partial charge in [0.2, 0.25) is 0 Å². The van der Waals surface area contributed by atoms with Crippen molar-refractivity contribution in [2.24, 2.45) is 0 Å². The van der Waals surface area contributed by atoms with Gasteiger partial charge in [-0.1, -0.05) is 46.3 Å². The van der Waals surface area contributed by atoms with Crippen LogP contribution in [0.15, 0.2) is 59.1 Å². The smallest absolute Gasteiger partial charge is 0.171 e. The van der Waals surface area contributed by atoms with E-state index < -0.39 is 0 Å². The minimum Gasteiger partial charge on any atom is -0.356 e. The fourth-order valence-corrected chi connectivity index (χ4v) is 2.46. The summed E-state index contributed by atoms with van der Waals surface area (Å²) in [5.41, 5.74) is 2.17. The van der Waals surface area contributed by atoms with Crippen LogP contribution in [-0.2, 0) is 0 Å². The molecule has 0 radical (unpaired) electrons. The van der Waals surface area contributed by atoms with E-state index in [-0.39, 0.29) is 6.04 Å². The van der Waals surface area contributed by atoms with Crippen LogP contribution in [0.4, 0.5) is 5.69 Å². The third kappa shape index (κ3) is 4.33. The van der Waals surface area contributed by atoms with Crippen LogP contribution >= 0.6 is 28.1 Å². The van der Waals surface area contributed by atoms with Crippen LogP contribution in [0.3, 0.4) is 0 Å². The van der Waals surface area contributed by atoms with Gasteiger partial charge in [-0.3, -0.25) is 0 Å². The lowest BCUT2D eigenvalue weighted by molar-refractivity contribution is 0.722. The Kier molecular flexibility index (Phi) is 4.93. The summed E-state index contributed by atoms with van der Waals surface area (Å²) < 4.78 is 1.07. The molecule has 2 aromatic rings. The molecule has 0 bridgehead atoms. The summed E-state index contributed by atoms with van der Waals surface area (Å²) in [7, 11) is 0. The Morgan fingerprint density at radius 2 is 1.84 bits per heavy atom. The number of halogens is 1. The van der Waals surface area contributed by atoms with Gasteiger partial charge in [0.25, 0.3) is 0 Å². The molecule has 2 N–H and O–H groups in total. The SMILES string of the molecule is CC(NC(=S)Nc1ccccc1)c1cccc(Br)c1. The third-order valence-electron chi connectivity index (χ3n) is 2.73. The normalized spacial score (nSPS) is 11.7. The molecule has 1 unspecified atom stereocenters. The summed E-state index contributed by atoms with van der Waals surface area (Å²) in [4.78, 5) is 0. The summed E-state index contributed by atoms with van der Waals surface area (Å²) in [5.74, 6) is 0. The minimum absolute atomic E-state index is 0.154. The van der Waals surface area contributed by atoms with Crippen molar-refractivity contribution in [1.29, 1.82) is 0 Å². The molecule has 0 aliphatic carbocycles. The molecule has 4 heteroatoms. The predicted octanol–water partition coefficient (Wildman–Crippen LogP) is 4.50. The molecule has 0 fully saturated rings. The van der Waals surface area contributed by atoms with Gasteiger partial charge in [0, 0.05) is 10.2 Å². The van der Waals surface area contributed by atoms with Crippen molar-refractivity contribution in [2.45, 2.75) is 13.0 Å². The Morgan fingerprint density at radius 1 is 1.11 bits per heavy atom. The van der Waals surface area contributed by atoms with Crippen LogP contribution in [0.1, 0.15) is 18.5 Å². The van der Waals surface area contributed by atoms with Gasteiger partial charge in [0.15, 0.2) is 5.11 Å². The summed E-state index contributed by atoms with van der Waals surface area (Å²) in [6.45, 7) is 2.08. The number of anilines is 1. The quantitative estimate of drug-likeness (QED) is 0.808. The van der Waals surface area contributed by atoms with Gasteiger partial charge in [0.05, 0.1) is 6.04 Å². The van der Waals surface area contributed by atoms with Crippen molar-refractivity contribution in [3.63, 3.8) is 0 Å². The fourth-order valence-electron chi connectivity index (χ4n) is 1.74. The first-order valence-electron chi connectivity index (χ1n) is 6.03. The molecular formula is C15H15BrN2S. The van der Waals surface area contributed by atoms with E-state index in [4.69, 9.17) is 12.2 Å². The minimum atomic E-state index is 0.154. The number of hydrogen-bond acceptors (Lipinski definition) is 1. The number of rotatable bonds is 3. The second-order valence-corrected chi connectivity index (χ2v) is 5.57. The molecule has 0 saturated heterocycles. The Bertz CT molecular complexity index is 557. The molecule has 0 aliphatic rings. The molecule has 0 amide bonds. The van der Waals surface area contributed by atoms with E-state index in [9.17, 15) is 0 Å². The molecule has 2 nitrogen and oxygen atoms in total. The Morgan fingerprint density at radius 3 is 2.53 bits per heavy atom. The van der Waals surface area contributed by atoms with Crippen molar-refractivity contribution in [3.8, 4) is 0 Å². The molecule has 0 aromatic heterocycles. The molecule has 0 heterocycles. The van der Waals surface area contributed by atoms with Crippen molar-refractivity contribution >= 4 is 38.9 Å².